The Balaban J connectivity index is 1.19. The number of fused-ring (bicyclic) bond motifs is 3. The lowest BCUT2D eigenvalue weighted by atomic mass is 9.83. The zero-order valence-corrected chi connectivity index (χ0v) is 16.2. The predicted molar refractivity (Wildman–Crippen MR) is 110 cm³/mol. The lowest BCUT2D eigenvalue weighted by Gasteiger charge is -2.28. The second-order valence-corrected chi connectivity index (χ2v) is 7.81. The summed E-state index contributed by atoms with van der Waals surface area (Å²) in [5.74, 6) is 0.449. The van der Waals surface area contributed by atoms with Crippen molar-refractivity contribution in [2.75, 3.05) is 6.54 Å². The third-order valence-corrected chi connectivity index (χ3v) is 6.04. The summed E-state index contributed by atoms with van der Waals surface area (Å²) in [6, 6.07) is 12.6. The molecule has 0 bridgehead atoms. The number of hydrogen-bond acceptors (Lipinski definition) is 5. The predicted octanol–water partition coefficient (Wildman–Crippen LogP) is 3.34. The molecule has 5 rings (SSSR count). The summed E-state index contributed by atoms with van der Waals surface area (Å²) in [6.07, 6.45) is 9.19. The number of nitrogens with one attached hydrogen (secondary N) is 2. The monoisotopic (exact) mass is 385 g/mol. The third-order valence-electron chi connectivity index (χ3n) is 6.04. The highest BCUT2D eigenvalue weighted by Gasteiger charge is 2.26. The molecule has 3 aromatic heterocycles. The van der Waals surface area contributed by atoms with Crippen molar-refractivity contribution in [1.82, 2.24) is 30.1 Å². The van der Waals surface area contributed by atoms with E-state index in [2.05, 4.69) is 37.7 Å². The molecule has 0 spiro atoms. The van der Waals surface area contributed by atoms with Crippen LogP contribution in [-0.4, -0.2) is 37.4 Å². The molecule has 4 aromatic rings. The fourth-order valence-corrected chi connectivity index (χ4v) is 4.43. The molecule has 29 heavy (non-hydrogen) atoms. The van der Waals surface area contributed by atoms with Gasteiger partial charge in [-0.1, -0.05) is 17.3 Å². The van der Waals surface area contributed by atoms with Crippen LogP contribution in [0.25, 0.3) is 16.6 Å². The van der Waals surface area contributed by atoms with Crippen LogP contribution in [0.3, 0.4) is 0 Å². The summed E-state index contributed by atoms with van der Waals surface area (Å²) < 4.78 is 1.80. The Morgan fingerprint density at radius 3 is 2.76 bits per heavy atom. The second kappa shape index (κ2) is 7.64. The van der Waals surface area contributed by atoms with Gasteiger partial charge in [0.25, 0.3) is 0 Å². The van der Waals surface area contributed by atoms with E-state index in [0.717, 1.165) is 60.9 Å². The van der Waals surface area contributed by atoms with Gasteiger partial charge in [0.05, 0.1) is 17.3 Å². The van der Waals surface area contributed by atoms with Gasteiger partial charge in [-0.15, -0.1) is 5.10 Å². The minimum Gasteiger partial charge on any atom is -0.346 e. The summed E-state index contributed by atoms with van der Waals surface area (Å²) in [7, 11) is 0. The van der Waals surface area contributed by atoms with Gasteiger partial charge in [-0.05, 0) is 62.4 Å². The Kier molecular flexibility index (Phi) is 4.70. The molecule has 3 heterocycles. The summed E-state index contributed by atoms with van der Waals surface area (Å²) in [4.78, 5) is 7.56. The first-order valence-corrected chi connectivity index (χ1v) is 10.2. The molecular weight excluding hydrogens is 362 g/mol. The Hall–Kier alpha value is -3.24. The van der Waals surface area contributed by atoms with E-state index in [-0.39, 0.29) is 0 Å². The first kappa shape index (κ1) is 17.8. The van der Waals surface area contributed by atoms with Crippen LogP contribution in [0.4, 0.5) is 0 Å². The van der Waals surface area contributed by atoms with E-state index in [9.17, 15) is 0 Å². The largest absolute Gasteiger partial charge is 0.346 e. The average molecular weight is 385 g/mol. The molecule has 7 nitrogen and oxygen atoms in total. The van der Waals surface area contributed by atoms with Crippen molar-refractivity contribution < 1.29 is 0 Å². The molecule has 0 radical (unpaired) electrons. The van der Waals surface area contributed by atoms with Crippen LogP contribution in [-0.2, 0) is 6.42 Å². The molecule has 0 atom stereocenters. The van der Waals surface area contributed by atoms with Gasteiger partial charge in [-0.2, -0.15) is 5.26 Å². The van der Waals surface area contributed by atoms with E-state index in [0.29, 0.717) is 17.5 Å². The highest BCUT2D eigenvalue weighted by molar-refractivity contribution is 5.92. The number of hydrogen-bond donors (Lipinski definition) is 2. The van der Waals surface area contributed by atoms with Crippen LogP contribution in [0.1, 0.15) is 48.4 Å². The van der Waals surface area contributed by atoms with Crippen LogP contribution >= 0.6 is 0 Å². The Bertz CT molecular complexity index is 1160. The highest BCUT2D eigenvalue weighted by Crippen LogP contribution is 2.35. The first-order valence-electron chi connectivity index (χ1n) is 10.2. The van der Waals surface area contributed by atoms with E-state index >= 15 is 0 Å². The number of rotatable bonds is 5. The topological polar surface area (TPSA) is 94.7 Å². The van der Waals surface area contributed by atoms with Crippen molar-refractivity contribution in [2.45, 2.75) is 44.1 Å². The lowest BCUT2D eigenvalue weighted by molar-refractivity contribution is 0.342. The van der Waals surface area contributed by atoms with Gasteiger partial charge in [0.15, 0.2) is 0 Å². The van der Waals surface area contributed by atoms with Gasteiger partial charge >= 0.3 is 0 Å². The van der Waals surface area contributed by atoms with Crippen molar-refractivity contribution in [3.63, 3.8) is 0 Å². The normalized spacial score (nSPS) is 19.6. The van der Waals surface area contributed by atoms with Crippen molar-refractivity contribution in [2.24, 2.45) is 0 Å². The first-order chi connectivity index (χ1) is 14.3. The summed E-state index contributed by atoms with van der Waals surface area (Å²) >= 11 is 0. The van der Waals surface area contributed by atoms with Gasteiger partial charge in [0, 0.05) is 23.5 Å². The molecule has 2 N–H and O–H groups in total. The Labute approximate surface area is 168 Å². The minimum absolute atomic E-state index is 0.449. The Morgan fingerprint density at radius 1 is 1.14 bits per heavy atom. The standard InChI is InChI=1S/C22H23N7/c23-13-16-3-1-15(2-4-16)9-11-24-18-7-5-17(6-8-18)20-21-19-10-12-25-22(19)26-14-29(21)28-27-20/h1-4,10,12,14,17-18,24-25H,5-9,11H2. The van der Waals surface area contributed by atoms with Gasteiger partial charge in [-0.25, -0.2) is 9.50 Å². The van der Waals surface area contributed by atoms with Crippen LogP contribution in [0.5, 0.6) is 0 Å². The maximum atomic E-state index is 8.89. The fraction of sp³-hybridized carbons (Fsp3) is 0.364. The smallest absolute Gasteiger partial charge is 0.141 e. The van der Waals surface area contributed by atoms with E-state index in [1.54, 1.807) is 10.8 Å². The molecule has 0 amide bonds. The van der Waals surface area contributed by atoms with E-state index in [1.807, 2.05) is 30.5 Å². The minimum atomic E-state index is 0.449. The van der Waals surface area contributed by atoms with Crippen molar-refractivity contribution in [3.05, 3.63) is 59.7 Å². The number of aromatic nitrogens is 5. The van der Waals surface area contributed by atoms with Crippen molar-refractivity contribution in [3.8, 4) is 6.07 Å². The maximum Gasteiger partial charge on any atom is 0.141 e. The number of benzene rings is 1. The molecule has 0 saturated heterocycles. The molecular formula is C22H23N7. The fourth-order valence-electron chi connectivity index (χ4n) is 4.43. The third kappa shape index (κ3) is 3.47. The van der Waals surface area contributed by atoms with Crippen LogP contribution in [0.15, 0.2) is 42.9 Å². The van der Waals surface area contributed by atoms with Gasteiger partial charge < -0.3 is 10.3 Å². The molecule has 1 aliphatic rings. The summed E-state index contributed by atoms with van der Waals surface area (Å²) in [5, 5.41) is 22.5. The van der Waals surface area contributed by atoms with Gasteiger partial charge in [-0.3, -0.25) is 0 Å². The van der Waals surface area contributed by atoms with Crippen LogP contribution in [0, 0.1) is 11.3 Å². The van der Waals surface area contributed by atoms with E-state index in [1.165, 1.54) is 5.56 Å². The quantitative estimate of drug-likeness (QED) is 0.549. The second-order valence-electron chi connectivity index (χ2n) is 7.81. The maximum absolute atomic E-state index is 8.89. The lowest BCUT2D eigenvalue weighted by Crippen LogP contribution is -2.34. The summed E-state index contributed by atoms with van der Waals surface area (Å²) in [6.45, 7) is 0.964. The Morgan fingerprint density at radius 2 is 1.97 bits per heavy atom. The molecule has 1 saturated carbocycles. The number of nitrogens with zero attached hydrogens (tertiary/aromatic N) is 5. The summed E-state index contributed by atoms with van der Waals surface area (Å²) in [5.41, 5.74) is 5.07. The van der Waals surface area contributed by atoms with Gasteiger partial charge in [0.2, 0.25) is 0 Å². The number of H-pyrrole nitrogens is 1. The van der Waals surface area contributed by atoms with Crippen molar-refractivity contribution in [1.29, 1.82) is 5.26 Å². The SMILES string of the molecule is N#Cc1ccc(CCNC2CCC(c3nnn4cnc5[nH]ccc5c34)CC2)cc1. The molecule has 0 unspecified atom stereocenters. The van der Waals surface area contributed by atoms with Crippen LogP contribution < -0.4 is 5.32 Å². The molecule has 1 aliphatic carbocycles. The molecule has 1 fully saturated rings. The van der Waals surface area contributed by atoms with Crippen LogP contribution in [0.2, 0.25) is 0 Å². The molecule has 1 aromatic carbocycles. The molecule has 146 valence electrons. The highest BCUT2D eigenvalue weighted by atomic mass is 15.4. The number of nitriles is 1. The zero-order valence-electron chi connectivity index (χ0n) is 16.2. The van der Waals surface area contributed by atoms with E-state index < -0.39 is 0 Å². The number of aromatic amines is 1. The van der Waals surface area contributed by atoms with Gasteiger partial charge in [0.1, 0.15) is 17.5 Å². The molecule has 7 heteroatoms. The molecule has 0 aliphatic heterocycles. The van der Waals surface area contributed by atoms with E-state index in [4.69, 9.17) is 5.26 Å². The average Bonchev–Trinajstić information content (AvgIpc) is 3.41. The zero-order chi connectivity index (χ0) is 19.6. The van der Waals surface area contributed by atoms with Crippen molar-refractivity contribution >= 4 is 16.6 Å².